The maximum atomic E-state index is 12.2. The van der Waals surface area contributed by atoms with Gasteiger partial charge in [-0.2, -0.15) is 0 Å². The minimum absolute atomic E-state index is 0.0475. The molecule has 1 atom stereocenters. The molecule has 0 aliphatic carbocycles. The van der Waals surface area contributed by atoms with Gasteiger partial charge < -0.3 is 15.2 Å². The van der Waals surface area contributed by atoms with Gasteiger partial charge >= 0.3 is 5.97 Å². The van der Waals surface area contributed by atoms with Crippen LogP contribution in [0.1, 0.15) is 25.0 Å². The Morgan fingerprint density at radius 3 is 2.36 bits per heavy atom. The number of carbonyl (C=O) groups is 2. The van der Waals surface area contributed by atoms with Crippen molar-refractivity contribution in [1.29, 1.82) is 0 Å². The Balaban J connectivity index is 1.98. The smallest absolute Gasteiger partial charge is 0.326 e. The van der Waals surface area contributed by atoms with Gasteiger partial charge in [0.1, 0.15) is 11.8 Å². The van der Waals surface area contributed by atoms with Gasteiger partial charge in [-0.25, -0.2) is 4.79 Å². The molecule has 0 unspecified atom stereocenters. The van der Waals surface area contributed by atoms with E-state index >= 15 is 0 Å². The Morgan fingerprint density at radius 1 is 1.04 bits per heavy atom. The van der Waals surface area contributed by atoms with Gasteiger partial charge in [0.15, 0.2) is 0 Å². The van der Waals surface area contributed by atoms with Crippen molar-refractivity contribution in [3.63, 3.8) is 0 Å². The molecule has 0 spiro atoms. The largest absolute Gasteiger partial charge is 0.491 e. The number of nitrogens with one attached hydrogen (secondary N) is 1. The molecular weight excluding hydrogens is 318 g/mol. The van der Waals surface area contributed by atoms with Crippen molar-refractivity contribution in [2.45, 2.75) is 38.8 Å². The van der Waals surface area contributed by atoms with Crippen molar-refractivity contribution in [2.24, 2.45) is 0 Å². The fourth-order valence-electron chi connectivity index (χ4n) is 2.48. The van der Waals surface area contributed by atoms with Crippen LogP contribution in [0, 0.1) is 0 Å². The molecule has 0 bridgehead atoms. The minimum atomic E-state index is -1.05. The molecule has 2 N–H and O–H groups in total. The maximum Gasteiger partial charge on any atom is 0.326 e. The standard InChI is InChI=1S/C20H23NO4/c1-14(2)25-17-10-6-9-16(11-17)13-19(22)21-18(20(23)24)12-15-7-4-3-5-8-15/h3-11,14,18H,12-13H2,1-2H3,(H,21,22)(H,23,24)/t18-/m1/s1. The maximum absolute atomic E-state index is 12.2. The lowest BCUT2D eigenvalue weighted by Crippen LogP contribution is -2.43. The minimum Gasteiger partial charge on any atom is -0.491 e. The summed E-state index contributed by atoms with van der Waals surface area (Å²) in [7, 11) is 0. The number of rotatable bonds is 8. The molecule has 5 nitrogen and oxygen atoms in total. The second kappa shape index (κ2) is 8.87. The van der Waals surface area contributed by atoms with E-state index in [4.69, 9.17) is 4.74 Å². The number of amides is 1. The summed E-state index contributed by atoms with van der Waals surface area (Å²) in [4.78, 5) is 23.7. The quantitative estimate of drug-likeness (QED) is 0.774. The van der Waals surface area contributed by atoms with E-state index < -0.39 is 12.0 Å². The molecular formula is C20H23NO4. The highest BCUT2D eigenvalue weighted by atomic mass is 16.5. The van der Waals surface area contributed by atoms with Crippen molar-refractivity contribution in [2.75, 3.05) is 0 Å². The first-order valence-electron chi connectivity index (χ1n) is 8.25. The summed E-state index contributed by atoms with van der Waals surface area (Å²) in [5.41, 5.74) is 1.64. The van der Waals surface area contributed by atoms with E-state index in [9.17, 15) is 14.7 Å². The molecule has 5 heteroatoms. The Kier molecular flexibility index (Phi) is 6.57. The summed E-state index contributed by atoms with van der Waals surface area (Å²) in [6.07, 6.45) is 0.401. The second-order valence-corrected chi connectivity index (χ2v) is 6.14. The second-order valence-electron chi connectivity index (χ2n) is 6.14. The molecule has 0 heterocycles. The SMILES string of the molecule is CC(C)Oc1cccc(CC(=O)N[C@H](Cc2ccccc2)C(=O)O)c1. The highest BCUT2D eigenvalue weighted by molar-refractivity contribution is 5.85. The fraction of sp³-hybridized carbons (Fsp3) is 0.300. The van der Waals surface area contributed by atoms with E-state index in [1.54, 1.807) is 6.07 Å². The number of carboxylic acids is 1. The monoisotopic (exact) mass is 341 g/mol. The van der Waals surface area contributed by atoms with Crippen molar-refractivity contribution in [3.05, 3.63) is 65.7 Å². The summed E-state index contributed by atoms with van der Waals surface area (Å²) in [6, 6.07) is 15.5. The molecule has 0 aromatic heterocycles. The van der Waals surface area contributed by atoms with E-state index in [0.29, 0.717) is 5.75 Å². The van der Waals surface area contributed by atoms with Crippen LogP contribution in [0.15, 0.2) is 54.6 Å². The van der Waals surface area contributed by atoms with Crippen LogP contribution in [-0.4, -0.2) is 29.1 Å². The molecule has 132 valence electrons. The number of aliphatic carboxylic acids is 1. The average molecular weight is 341 g/mol. The number of ether oxygens (including phenoxy) is 1. The third-order valence-electron chi connectivity index (χ3n) is 3.55. The van der Waals surface area contributed by atoms with Crippen molar-refractivity contribution in [1.82, 2.24) is 5.32 Å². The van der Waals surface area contributed by atoms with Gasteiger partial charge in [0.2, 0.25) is 5.91 Å². The lowest BCUT2D eigenvalue weighted by Gasteiger charge is -2.15. The van der Waals surface area contributed by atoms with Crippen LogP contribution in [0.2, 0.25) is 0 Å². The number of benzene rings is 2. The highest BCUT2D eigenvalue weighted by Crippen LogP contribution is 2.15. The number of carbonyl (C=O) groups excluding carboxylic acids is 1. The molecule has 0 radical (unpaired) electrons. The van der Waals surface area contributed by atoms with Crippen molar-refractivity contribution >= 4 is 11.9 Å². The molecule has 2 rings (SSSR count). The van der Waals surface area contributed by atoms with E-state index in [1.807, 2.05) is 62.4 Å². The van der Waals surface area contributed by atoms with Gasteiger partial charge in [0, 0.05) is 6.42 Å². The Bertz CT molecular complexity index is 713. The first-order chi connectivity index (χ1) is 11.9. The van der Waals surface area contributed by atoms with E-state index in [0.717, 1.165) is 11.1 Å². The zero-order valence-electron chi connectivity index (χ0n) is 14.4. The Morgan fingerprint density at radius 2 is 1.72 bits per heavy atom. The zero-order valence-corrected chi connectivity index (χ0v) is 14.4. The summed E-state index contributed by atoms with van der Waals surface area (Å²) in [5, 5.41) is 12.0. The van der Waals surface area contributed by atoms with Gasteiger partial charge in [-0.1, -0.05) is 42.5 Å². The Labute approximate surface area is 147 Å². The number of hydrogen-bond donors (Lipinski definition) is 2. The van der Waals surface area contributed by atoms with E-state index in [1.165, 1.54) is 0 Å². The lowest BCUT2D eigenvalue weighted by atomic mass is 10.1. The third kappa shape index (κ3) is 6.30. The summed E-state index contributed by atoms with van der Waals surface area (Å²) in [6.45, 7) is 3.86. The zero-order chi connectivity index (χ0) is 18.2. The normalized spacial score (nSPS) is 11.8. The number of hydrogen-bond acceptors (Lipinski definition) is 3. The summed E-state index contributed by atoms with van der Waals surface area (Å²) >= 11 is 0. The summed E-state index contributed by atoms with van der Waals surface area (Å²) < 4.78 is 5.61. The predicted octanol–water partition coefficient (Wildman–Crippen LogP) is 2.83. The number of carboxylic acid groups (broad SMARTS) is 1. The third-order valence-corrected chi connectivity index (χ3v) is 3.55. The van der Waals surface area contributed by atoms with Crippen LogP contribution in [0.25, 0.3) is 0 Å². The van der Waals surface area contributed by atoms with Gasteiger partial charge in [0.25, 0.3) is 0 Å². The van der Waals surface area contributed by atoms with Gasteiger partial charge in [-0.3, -0.25) is 4.79 Å². The van der Waals surface area contributed by atoms with Gasteiger partial charge in [-0.15, -0.1) is 0 Å². The topological polar surface area (TPSA) is 75.6 Å². The van der Waals surface area contributed by atoms with Crippen LogP contribution in [0.5, 0.6) is 5.75 Å². The molecule has 0 saturated carbocycles. The molecule has 0 saturated heterocycles. The molecule has 0 aliphatic heterocycles. The first kappa shape index (κ1) is 18.5. The fourth-order valence-corrected chi connectivity index (χ4v) is 2.48. The van der Waals surface area contributed by atoms with Crippen LogP contribution in [0.4, 0.5) is 0 Å². The van der Waals surface area contributed by atoms with Crippen LogP contribution in [-0.2, 0) is 22.4 Å². The molecule has 1 amide bonds. The van der Waals surface area contributed by atoms with E-state index in [-0.39, 0.29) is 24.9 Å². The van der Waals surface area contributed by atoms with Crippen molar-refractivity contribution < 1.29 is 19.4 Å². The molecule has 25 heavy (non-hydrogen) atoms. The van der Waals surface area contributed by atoms with Gasteiger partial charge in [0.05, 0.1) is 12.5 Å². The first-order valence-corrected chi connectivity index (χ1v) is 8.25. The lowest BCUT2D eigenvalue weighted by molar-refractivity contribution is -0.141. The Hall–Kier alpha value is -2.82. The predicted molar refractivity (Wildman–Crippen MR) is 95.6 cm³/mol. The highest BCUT2D eigenvalue weighted by Gasteiger charge is 2.20. The van der Waals surface area contributed by atoms with Crippen molar-refractivity contribution in [3.8, 4) is 5.75 Å². The molecule has 2 aromatic rings. The molecule has 0 aliphatic rings. The van der Waals surface area contributed by atoms with Crippen LogP contribution < -0.4 is 10.1 Å². The van der Waals surface area contributed by atoms with E-state index in [2.05, 4.69) is 5.32 Å². The van der Waals surface area contributed by atoms with Crippen LogP contribution >= 0.6 is 0 Å². The average Bonchev–Trinajstić information content (AvgIpc) is 2.54. The van der Waals surface area contributed by atoms with Gasteiger partial charge in [-0.05, 0) is 37.1 Å². The van der Waals surface area contributed by atoms with Crippen LogP contribution in [0.3, 0.4) is 0 Å². The summed E-state index contributed by atoms with van der Waals surface area (Å²) in [5.74, 6) is -0.682. The molecule has 0 fully saturated rings. The molecule has 2 aromatic carbocycles.